The van der Waals surface area contributed by atoms with E-state index in [2.05, 4.69) is 31.4 Å². The maximum Gasteiger partial charge on any atom is 0.318 e. The normalized spacial score (nSPS) is 23.2. The Morgan fingerprint density at radius 3 is 2.67 bits per heavy atom. The van der Waals surface area contributed by atoms with E-state index >= 15 is 4.39 Å². The zero-order chi connectivity index (χ0) is 30.2. The Balaban J connectivity index is 0.000000310. The first-order valence-corrected chi connectivity index (χ1v) is 15.0. The fraction of sp³-hybridized carbons (Fsp3) is 0.516. The van der Waals surface area contributed by atoms with Gasteiger partial charge in [0.15, 0.2) is 5.82 Å². The first-order valence-electron chi connectivity index (χ1n) is 15.0. The number of likely N-dealkylation sites (N-methyl/N-ethyl adjacent to an activating group) is 1. The highest BCUT2D eigenvalue weighted by molar-refractivity contribution is 5.92. The molecule has 3 atom stereocenters. The summed E-state index contributed by atoms with van der Waals surface area (Å²) in [6, 6.07) is 4.28. The van der Waals surface area contributed by atoms with Gasteiger partial charge in [-0.05, 0) is 68.7 Å². The van der Waals surface area contributed by atoms with E-state index < -0.39 is 12.0 Å². The summed E-state index contributed by atoms with van der Waals surface area (Å²) in [5, 5.41) is 0.454. The zero-order valence-electron chi connectivity index (χ0n) is 24.7. The molecule has 4 aliphatic rings. The van der Waals surface area contributed by atoms with Gasteiger partial charge in [-0.25, -0.2) is 13.8 Å². The molecule has 0 aromatic carbocycles. The molecule has 0 bridgehead atoms. The van der Waals surface area contributed by atoms with Crippen molar-refractivity contribution in [1.82, 2.24) is 29.7 Å². The smallest absolute Gasteiger partial charge is 0.318 e. The number of carbonyl (C=O) groups is 1. The van der Waals surface area contributed by atoms with E-state index in [0.29, 0.717) is 54.3 Å². The molecule has 3 saturated heterocycles. The Morgan fingerprint density at radius 2 is 1.95 bits per heavy atom. The Morgan fingerprint density at radius 1 is 1.14 bits per heavy atom. The van der Waals surface area contributed by atoms with Gasteiger partial charge < -0.3 is 20.3 Å². The molecule has 3 unspecified atom stereocenters. The number of amides is 1. The quantitative estimate of drug-likeness (QED) is 0.423. The van der Waals surface area contributed by atoms with Gasteiger partial charge in [-0.2, -0.15) is 9.97 Å². The molecule has 2 N–H and O–H groups in total. The van der Waals surface area contributed by atoms with Crippen LogP contribution in [0.3, 0.4) is 0 Å². The minimum Gasteiger partial charge on any atom is -0.467 e. The number of carbonyl (C=O) groups excluding carboxylic acids is 1. The number of ether oxygens (including phenoxy) is 1. The van der Waals surface area contributed by atoms with E-state index in [1.54, 1.807) is 17.2 Å². The van der Waals surface area contributed by atoms with Gasteiger partial charge in [0.2, 0.25) is 5.91 Å². The molecule has 7 rings (SSSR count). The second kappa shape index (κ2) is 12.0. The number of alkyl halides is 1. The molecule has 1 aliphatic carbocycles. The van der Waals surface area contributed by atoms with Crippen LogP contribution >= 0.6 is 0 Å². The highest BCUT2D eigenvalue weighted by Gasteiger charge is 2.35. The minimum absolute atomic E-state index is 0.00787. The summed E-state index contributed by atoms with van der Waals surface area (Å²) in [7, 11) is 3.31. The highest BCUT2D eigenvalue weighted by atomic mass is 19.1. The van der Waals surface area contributed by atoms with E-state index in [9.17, 15) is 9.18 Å². The summed E-state index contributed by atoms with van der Waals surface area (Å²) in [6.45, 7) is 6.55. The van der Waals surface area contributed by atoms with Gasteiger partial charge >= 0.3 is 6.01 Å². The first kappa shape index (κ1) is 29.2. The van der Waals surface area contributed by atoms with Gasteiger partial charge in [-0.3, -0.25) is 14.7 Å². The zero-order valence-corrected chi connectivity index (χ0v) is 24.7. The topological polar surface area (TPSA) is 114 Å². The number of nitrogens with two attached hydrogens (primary N) is 1. The number of fused-ring (bicyclic) bond motifs is 2. The fourth-order valence-corrected chi connectivity index (χ4v) is 6.53. The lowest BCUT2D eigenvalue weighted by Crippen LogP contribution is -2.36. The molecular formula is C31H38F2N8O2. The molecule has 10 nitrogen and oxygen atoms in total. The third-order valence-corrected chi connectivity index (χ3v) is 9.01. The van der Waals surface area contributed by atoms with Crippen molar-refractivity contribution in [3.8, 4) is 17.4 Å². The maximum atomic E-state index is 15.9. The number of nitrogens with zero attached hydrogens (tertiary/aromatic N) is 7. The highest BCUT2D eigenvalue weighted by Crippen LogP contribution is 2.44. The van der Waals surface area contributed by atoms with Gasteiger partial charge in [0.1, 0.15) is 29.0 Å². The lowest BCUT2D eigenvalue weighted by Gasteiger charge is -2.27. The van der Waals surface area contributed by atoms with Crippen molar-refractivity contribution in [2.45, 2.75) is 62.7 Å². The molecule has 0 radical (unpaired) electrons. The molecule has 0 spiro atoms. The molecule has 3 aromatic rings. The summed E-state index contributed by atoms with van der Waals surface area (Å²) in [5.41, 5.74) is 7.52. The average Bonchev–Trinajstić information content (AvgIpc) is 3.38. The Labute approximate surface area is 250 Å². The summed E-state index contributed by atoms with van der Waals surface area (Å²) in [5.74, 6) is 0.425. The van der Waals surface area contributed by atoms with Crippen LogP contribution in [0, 0.1) is 5.82 Å². The second-order valence-corrected chi connectivity index (χ2v) is 11.8. The van der Waals surface area contributed by atoms with Crippen molar-refractivity contribution in [1.29, 1.82) is 0 Å². The van der Waals surface area contributed by atoms with Crippen molar-refractivity contribution >= 4 is 28.4 Å². The fourth-order valence-electron chi connectivity index (χ4n) is 6.53. The van der Waals surface area contributed by atoms with Crippen LogP contribution in [0.4, 0.5) is 20.4 Å². The predicted octanol–water partition coefficient (Wildman–Crippen LogP) is 4.11. The predicted molar refractivity (Wildman–Crippen MR) is 161 cm³/mol. The number of likely N-dealkylation sites (tertiary alicyclic amines) is 1. The van der Waals surface area contributed by atoms with Crippen LogP contribution in [0.15, 0.2) is 31.0 Å². The third-order valence-electron chi connectivity index (χ3n) is 9.01. The van der Waals surface area contributed by atoms with Gasteiger partial charge in [-0.15, -0.1) is 0 Å². The number of pyridine rings is 2. The number of nitrogen functional groups attached to an aromatic ring is 1. The van der Waals surface area contributed by atoms with Gasteiger partial charge in [0.25, 0.3) is 0 Å². The summed E-state index contributed by atoms with van der Waals surface area (Å²) in [6.07, 6.45) is 8.51. The van der Waals surface area contributed by atoms with E-state index in [0.717, 1.165) is 37.8 Å². The number of hydrogen-bond donors (Lipinski definition) is 1. The second-order valence-electron chi connectivity index (χ2n) is 11.8. The van der Waals surface area contributed by atoms with Crippen LogP contribution in [-0.4, -0.2) is 94.2 Å². The molecule has 3 aliphatic heterocycles. The largest absolute Gasteiger partial charge is 0.467 e. The standard InChI is InChI=1S/C24H26FN7O2.C7H12FN/c1-4-18(33)32-10-9-14(12-32)31(2)23-16-11-27-22(19(25)20(16)29-24(30-23)34-3)21-15(13-5-6-13)7-8-17(26)28-21;8-6-4-7-2-1-3-9(7)5-6/h4,7-8,11,13-14H,1,5-6,9-10,12H2,2-3H3,(H2,26,28);6-7H,1-5H2. The molecule has 43 heavy (non-hydrogen) atoms. The molecule has 12 heteroatoms. The first-order chi connectivity index (χ1) is 20.8. The van der Waals surface area contributed by atoms with E-state index in [-0.39, 0.29) is 29.2 Å². The summed E-state index contributed by atoms with van der Waals surface area (Å²) in [4.78, 5) is 35.6. The van der Waals surface area contributed by atoms with Crippen LogP contribution in [0.1, 0.15) is 50.0 Å². The Bertz CT molecular complexity index is 1520. The minimum atomic E-state index is -0.595. The van der Waals surface area contributed by atoms with E-state index in [1.165, 1.54) is 26.0 Å². The maximum absolute atomic E-state index is 15.9. The van der Waals surface area contributed by atoms with Gasteiger partial charge in [-0.1, -0.05) is 12.6 Å². The van der Waals surface area contributed by atoms with E-state index in [4.69, 9.17) is 10.5 Å². The van der Waals surface area contributed by atoms with Crippen LogP contribution in [0.2, 0.25) is 0 Å². The number of aromatic nitrogens is 4. The number of hydrogen-bond acceptors (Lipinski definition) is 9. The molecule has 6 heterocycles. The number of rotatable bonds is 6. The lowest BCUT2D eigenvalue weighted by atomic mass is 10.0. The molecule has 3 aromatic heterocycles. The Kier molecular flexibility index (Phi) is 8.13. The molecular weight excluding hydrogens is 554 g/mol. The van der Waals surface area contributed by atoms with Gasteiger partial charge in [0, 0.05) is 45.0 Å². The lowest BCUT2D eigenvalue weighted by molar-refractivity contribution is -0.125. The molecule has 4 fully saturated rings. The monoisotopic (exact) mass is 592 g/mol. The van der Waals surface area contributed by atoms with Crippen LogP contribution in [0.5, 0.6) is 6.01 Å². The van der Waals surface area contributed by atoms with Crippen molar-refractivity contribution in [2.75, 3.05) is 51.0 Å². The van der Waals surface area contributed by atoms with Crippen molar-refractivity contribution < 1.29 is 18.3 Å². The molecule has 1 saturated carbocycles. The van der Waals surface area contributed by atoms with Crippen molar-refractivity contribution in [2.24, 2.45) is 0 Å². The molecule has 228 valence electrons. The third kappa shape index (κ3) is 5.84. The van der Waals surface area contributed by atoms with Crippen LogP contribution in [-0.2, 0) is 4.79 Å². The SMILES string of the molecule is C=CC(=O)N1CCC(N(C)c2nc(OC)nc3c(F)c(-c4nc(N)ccc4C4CC4)ncc23)C1.FC1CC2CCCN2C1. The molecule has 1 amide bonds. The summed E-state index contributed by atoms with van der Waals surface area (Å²) < 4.78 is 33.8. The number of anilines is 2. The van der Waals surface area contributed by atoms with Crippen molar-refractivity contribution in [3.05, 3.63) is 42.4 Å². The van der Waals surface area contributed by atoms with Gasteiger partial charge in [0.05, 0.1) is 18.2 Å². The van der Waals surface area contributed by atoms with Crippen molar-refractivity contribution in [3.63, 3.8) is 0 Å². The Hall–Kier alpha value is -3.93. The van der Waals surface area contributed by atoms with Crippen LogP contribution in [0.25, 0.3) is 22.3 Å². The van der Waals surface area contributed by atoms with E-state index in [1.807, 2.05) is 18.0 Å². The van der Waals surface area contributed by atoms with Crippen LogP contribution < -0.4 is 15.4 Å². The average molecular weight is 593 g/mol. The number of halogens is 2. The summed E-state index contributed by atoms with van der Waals surface area (Å²) >= 11 is 0. The number of methoxy groups -OCH3 is 1.